The van der Waals surface area contributed by atoms with Crippen molar-refractivity contribution in [2.24, 2.45) is 0 Å². The minimum Gasteiger partial charge on any atom is -0.341 e. The van der Waals surface area contributed by atoms with Gasteiger partial charge in [0.1, 0.15) is 0 Å². The molecule has 0 bridgehead atoms. The van der Waals surface area contributed by atoms with E-state index in [2.05, 4.69) is 10.0 Å². The zero-order valence-electron chi connectivity index (χ0n) is 11.8. The van der Waals surface area contributed by atoms with Crippen molar-refractivity contribution in [3.05, 3.63) is 0 Å². The summed E-state index contributed by atoms with van der Waals surface area (Å²) in [6, 6.07) is -0.102. The number of thioether (sulfide) groups is 1. The highest BCUT2D eigenvalue weighted by Crippen LogP contribution is 2.15. The average molecular weight is 321 g/mol. The summed E-state index contributed by atoms with van der Waals surface area (Å²) in [7, 11) is -3.15. The second-order valence-corrected chi connectivity index (χ2v) is 8.39. The van der Waals surface area contributed by atoms with E-state index in [1.54, 1.807) is 18.7 Å². The first-order valence-electron chi connectivity index (χ1n) is 7.12. The van der Waals surface area contributed by atoms with Gasteiger partial charge in [-0.25, -0.2) is 13.1 Å². The van der Waals surface area contributed by atoms with Crippen molar-refractivity contribution in [1.29, 1.82) is 0 Å². The van der Waals surface area contributed by atoms with Gasteiger partial charge in [0.15, 0.2) is 0 Å². The Morgan fingerprint density at radius 2 is 2.10 bits per heavy atom. The van der Waals surface area contributed by atoms with Crippen LogP contribution in [-0.4, -0.2) is 68.2 Å². The van der Waals surface area contributed by atoms with Crippen molar-refractivity contribution < 1.29 is 13.2 Å². The predicted molar refractivity (Wildman–Crippen MR) is 81.3 cm³/mol. The Labute approximate surface area is 125 Å². The quantitative estimate of drug-likeness (QED) is 0.738. The second kappa shape index (κ2) is 7.11. The van der Waals surface area contributed by atoms with Crippen LogP contribution in [0.4, 0.5) is 0 Å². The number of sulfonamides is 1. The Balaban J connectivity index is 1.80. The number of piperidine rings is 1. The summed E-state index contributed by atoms with van der Waals surface area (Å²) in [5.74, 6) is 2.16. The molecule has 1 amide bonds. The molecule has 2 saturated heterocycles. The monoisotopic (exact) mass is 321 g/mol. The fourth-order valence-corrected chi connectivity index (χ4v) is 4.33. The molecule has 0 aromatic rings. The van der Waals surface area contributed by atoms with Crippen LogP contribution in [0.1, 0.15) is 19.8 Å². The Bertz CT molecular complexity index is 427. The molecule has 0 aromatic carbocycles. The number of hydrogen-bond acceptors (Lipinski definition) is 5. The lowest BCUT2D eigenvalue weighted by molar-refractivity contribution is -0.134. The normalized spacial score (nSPS) is 25.6. The average Bonchev–Trinajstić information content (AvgIpc) is 2.48. The van der Waals surface area contributed by atoms with Crippen LogP contribution in [0.5, 0.6) is 0 Å². The van der Waals surface area contributed by atoms with Gasteiger partial charge in [0.2, 0.25) is 15.9 Å². The SMILES string of the molecule is CCS(=O)(=O)NC1CCN(C(=O)C2CSCCN2)CC1. The molecule has 2 aliphatic heterocycles. The van der Waals surface area contributed by atoms with Gasteiger partial charge in [0.25, 0.3) is 0 Å². The summed E-state index contributed by atoms with van der Waals surface area (Å²) >= 11 is 1.81. The standard InChI is InChI=1S/C12H23N3O3S2/c1-2-20(17,18)14-10-3-6-15(7-4-10)12(16)11-9-19-8-5-13-11/h10-11,13-14H,2-9H2,1H3. The van der Waals surface area contributed by atoms with Gasteiger partial charge in [-0.1, -0.05) is 0 Å². The highest BCUT2D eigenvalue weighted by molar-refractivity contribution is 7.99. The number of likely N-dealkylation sites (tertiary alicyclic amines) is 1. The summed E-state index contributed by atoms with van der Waals surface area (Å²) in [4.78, 5) is 14.2. The summed E-state index contributed by atoms with van der Waals surface area (Å²) in [6.07, 6.45) is 1.40. The molecular weight excluding hydrogens is 298 g/mol. The van der Waals surface area contributed by atoms with Gasteiger partial charge in [-0.05, 0) is 19.8 Å². The van der Waals surface area contributed by atoms with Gasteiger partial charge in [-0.15, -0.1) is 0 Å². The van der Waals surface area contributed by atoms with Crippen molar-refractivity contribution >= 4 is 27.7 Å². The minimum absolute atomic E-state index is 0.0299. The number of amides is 1. The van der Waals surface area contributed by atoms with Gasteiger partial charge in [0, 0.05) is 37.2 Å². The lowest BCUT2D eigenvalue weighted by Crippen LogP contribution is -2.54. The lowest BCUT2D eigenvalue weighted by Gasteiger charge is -2.35. The van der Waals surface area contributed by atoms with E-state index in [0.717, 1.165) is 18.1 Å². The first-order chi connectivity index (χ1) is 9.52. The number of rotatable bonds is 4. The van der Waals surface area contributed by atoms with Gasteiger partial charge in [0.05, 0.1) is 11.8 Å². The van der Waals surface area contributed by atoms with Crippen LogP contribution in [0.3, 0.4) is 0 Å². The van der Waals surface area contributed by atoms with Gasteiger partial charge in [-0.3, -0.25) is 4.79 Å². The van der Waals surface area contributed by atoms with Crippen LogP contribution in [0.25, 0.3) is 0 Å². The first-order valence-corrected chi connectivity index (χ1v) is 9.92. The van der Waals surface area contributed by atoms with Crippen LogP contribution < -0.4 is 10.0 Å². The maximum Gasteiger partial charge on any atom is 0.240 e. The summed E-state index contributed by atoms with van der Waals surface area (Å²) < 4.78 is 25.8. The Morgan fingerprint density at radius 1 is 1.40 bits per heavy atom. The molecule has 0 radical (unpaired) electrons. The van der Waals surface area contributed by atoms with E-state index >= 15 is 0 Å². The molecule has 2 N–H and O–H groups in total. The topological polar surface area (TPSA) is 78.5 Å². The molecule has 2 heterocycles. The molecule has 8 heteroatoms. The first kappa shape index (κ1) is 16.1. The molecule has 2 rings (SSSR count). The third-order valence-corrected chi connectivity index (χ3v) is 6.27. The van der Waals surface area contributed by atoms with Gasteiger partial charge >= 0.3 is 0 Å². The van der Waals surface area contributed by atoms with E-state index in [1.165, 1.54) is 0 Å². The maximum atomic E-state index is 12.3. The molecule has 0 spiro atoms. The van der Waals surface area contributed by atoms with Crippen LogP contribution >= 0.6 is 11.8 Å². The molecule has 0 aliphatic carbocycles. The molecule has 20 heavy (non-hydrogen) atoms. The number of carbonyl (C=O) groups is 1. The number of nitrogens with zero attached hydrogens (tertiary/aromatic N) is 1. The van der Waals surface area contributed by atoms with Crippen molar-refractivity contribution in [3.8, 4) is 0 Å². The van der Waals surface area contributed by atoms with Gasteiger partial charge in [-0.2, -0.15) is 11.8 Å². The van der Waals surface area contributed by atoms with E-state index in [-0.39, 0.29) is 23.7 Å². The fraction of sp³-hybridized carbons (Fsp3) is 0.917. The van der Waals surface area contributed by atoms with Crippen LogP contribution in [-0.2, 0) is 14.8 Å². The fourth-order valence-electron chi connectivity index (χ4n) is 2.50. The molecular formula is C12H23N3O3S2. The van der Waals surface area contributed by atoms with Gasteiger partial charge < -0.3 is 10.2 Å². The molecule has 2 aliphatic rings. The smallest absolute Gasteiger partial charge is 0.240 e. The Hall–Kier alpha value is -0.310. The van der Waals surface area contributed by atoms with E-state index in [0.29, 0.717) is 25.9 Å². The third-order valence-electron chi connectivity index (χ3n) is 3.75. The van der Waals surface area contributed by atoms with Crippen molar-refractivity contribution in [2.45, 2.75) is 31.8 Å². The zero-order chi connectivity index (χ0) is 14.6. The van der Waals surface area contributed by atoms with Crippen LogP contribution in [0.15, 0.2) is 0 Å². The van der Waals surface area contributed by atoms with E-state index in [4.69, 9.17) is 0 Å². The van der Waals surface area contributed by atoms with Crippen molar-refractivity contribution in [2.75, 3.05) is 36.9 Å². The second-order valence-electron chi connectivity index (χ2n) is 5.20. The highest BCUT2D eigenvalue weighted by atomic mass is 32.2. The Kier molecular flexibility index (Phi) is 5.71. The highest BCUT2D eigenvalue weighted by Gasteiger charge is 2.30. The lowest BCUT2D eigenvalue weighted by atomic mass is 10.1. The third kappa shape index (κ3) is 4.34. The summed E-state index contributed by atoms with van der Waals surface area (Å²) in [5, 5.41) is 3.25. The predicted octanol–water partition coefficient (Wildman–Crippen LogP) is -0.378. The van der Waals surface area contributed by atoms with E-state index in [1.807, 2.05) is 4.90 Å². The largest absolute Gasteiger partial charge is 0.341 e. The molecule has 0 aromatic heterocycles. The molecule has 1 unspecified atom stereocenters. The molecule has 0 saturated carbocycles. The molecule has 116 valence electrons. The zero-order valence-corrected chi connectivity index (χ0v) is 13.4. The summed E-state index contributed by atoms with van der Waals surface area (Å²) in [6.45, 7) is 3.79. The Morgan fingerprint density at radius 3 is 2.65 bits per heavy atom. The maximum absolute atomic E-state index is 12.3. The van der Waals surface area contributed by atoms with E-state index < -0.39 is 10.0 Å². The summed E-state index contributed by atoms with van der Waals surface area (Å²) in [5.41, 5.74) is 0. The van der Waals surface area contributed by atoms with Crippen LogP contribution in [0.2, 0.25) is 0 Å². The molecule has 2 fully saturated rings. The molecule has 1 atom stereocenters. The van der Waals surface area contributed by atoms with E-state index in [9.17, 15) is 13.2 Å². The van der Waals surface area contributed by atoms with Crippen molar-refractivity contribution in [1.82, 2.24) is 14.9 Å². The minimum atomic E-state index is -3.15. The van der Waals surface area contributed by atoms with Crippen molar-refractivity contribution in [3.63, 3.8) is 0 Å². The number of nitrogens with one attached hydrogen (secondary N) is 2. The number of hydrogen-bond donors (Lipinski definition) is 2. The number of carbonyl (C=O) groups excluding carboxylic acids is 1. The molecule has 6 nitrogen and oxygen atoms in total. The van der Waals surface area contributed by atoms with Crippen LogP contribution in [0, 0.1) is 0 Å².